The number of ether oxygens (including phenoxy) is 1. The number of nitrogens with one attached hydrogen (secondary N) is 1. The summed E-state index contributed by atoms with van der Waals surface area (Å²) in [4.78, 5) is 13.2. The molecular formula is C13H14N2O2S. The Balaban J connectivity index is 1.81. The molecule has 3 rings (SSSR count). The van der Waals surface area contributed by atoms with Crippen LogP contribution in [0.3, 0.4) is 0 Å². The van der Waals surface area contributed by atoms with Crippen LogP contribution < -0.4 is 5.32 Å². The Bertz CT molecular complexity index is 524. The molecule has 1 atom stereocenters. The van der Waals surface area contributed by atoms with Gasteiger partial charge in [0.25, 0.3) is 5.91 Å². The largest absolute Gasteiger partial charge is 0.368 e. The second kappa shape index (κ2) is 4.71. The van der Waals surface area contributed by atoms with E-state index < -0.39 is 0 Å². The SMILES string of the molecule is N#Cc1c(NC(=O)[C@@H]2CCCO2)sc2c1CCC2. The Kier molecular flexibility index (Phi) is 3.06. The molecule has 1 aromatic rings. The number of nitrogens with zero attached hydrogens (tertiary/aromatic N) is 1. The van der Waals surface area contributed by atoms with E-state index in [2.05, 4.69) is 11.4 Å². The van der Waals surface area contributed by atoms with Gasteiger partial charge in [0.2, 0.25) is 0 Å². The van der Waals surface area contributed by atoms with Crippen LogP contribution in [0.25, 0.3) is 0 Å². The Morgan fingerprint density at radius 3 is 3.06 bits per heavy atom. The van der Waals surface area contributed by atoms with Crippen molar-refractivity contribution in [1.82, 2.24) is 0 Å². The maximum atomic E-state index is 12.0. The van der Waals surface area contributed by atoms with Crippen LogP contribution in [0.1, 0.15) is 35.3 Å². The normalized spacial score (nSPS) is 21.6. The number of aryl methyl sites for hydroxylation is 1. The van der Waals surface area contributed by atoms with Gasteiger partial charge in [-0.1, -0.05) is 0 Å². The fourth-order valence-corrected chi connectivity index (χ4v) is 3.83. The zero-order valence-corrected chi connectivity index (χ0v) is 10.8. The summed E-state index contributed by atoms with van der Waals surface area (Å²) in [5, 5.41) is 12.8. The maximum absolute atomic E-state index is 12.0. The molecule has 0 bridgehead atoms. The lowest BCUT2D eigenvalue weighted by Crippen LogP contribution is -2.26. The fraction of sp³-hybridized carbons (Fsp3) is 0.538. The highest BCUT2D eigenvalue weighted by Crippen LogP contribution is 2.38. The second-order valence-corrected chi connectivity index (χ2v) is 5.77. The average Bonchev–Trinajstić information content (AvgIpc) is 3.04. The number of carbonyl (C=O) groups is 1. The van der Waals surface area contributed by atoms with Crippen LogP contribution in [-0.2, 0) is 22.4 Å². The van der Waals surface area contributed by atoms with Gasteiger partial charge in [-0.15, -0.1) is 11.3 Å². The monoisotopic (exact) mass is 262 g/mol. The predicted octanol–water partition coefficient (Wildman–Crippen LogP) is 2.23. The van der Waals surface area contributed by atoms with Gasteiger partial charge in [0, 0.05) is 11.5 Å². The lowest BCUT2D eigenvalue weighted by Gasteiger charge is -2.09. The van der Waals surface area contributed by atoms with E-state index in [1.807, 2.05) is 0 Å². The first-order chi connectivity index (χ1) is 8.79. The number of fused-ring (bicyclic) bond motifs is 1. The van der Waals surface area contributed by atoms with Gasteiger partial charge in [-0.3, -0.25) is 4.79 Å². The van der Waals surface area contributed by atoms with E-state index in [9.17, 15) is 10.1 Å². The highest BCUT2D eigenvalue weighted by Gasteiger charge is 2.27. The van der Waals surface area contributed by atoms with Crippen LogP contribution in [0, 0.1) is 11.3 Å². The van der Waals surface area contributed by atoms with E-state index in [1.54, 1.807) is 11.3 Å². The lowest BCUT2D eigenvalue weighted by atomic mass is 10.1. The topological polar surface area (TPSA) is 62.1 Å². The van der Waals surface area contributed by atoms with Gasteiger partial charge in [-0.05, 0) is 37.7 Å². The molecule has 0 spiro atoms. The maximum Gasteiger partial charge on any atom is 0.254 e. The van der Waals surface area contributed by atoms with Crippen LogP contribution >= 0.6 is 11.3 Å². The van der Waals surface area contributed by atoms with Crippen molar-refractivity contribution in [2.24, 2.45) is 0 Å². The van der Waals surface area contributed by atoms with Crippen molar-refractivity contribution in [2.75, 3.05) is 11.9 Å². The van der Waals surface area contributed by atoms with E-state index in [0.717, 1.165) is 37.7 Å². The molecule has 1 N–H and O–H groups in total. The lowest BCUT2D eigenvalue weighted by molar-refractivity contribution is -0.124. The van der Waals surface area contributed by atoms with Crippen LogP contribution in [0.15, 0.2) is 0 Å². The number of nitriles is 1. The summed E-state index contributed by atoms with van der Waals surface area (Å²) in [6.45, 7) is 0.657. The molecule has 0 aromatic carbocycles. The summed E-state index contributed by atoms with van der Waals surface area (Å²) in [6.07, 6.45) is 4.49. The van der Waals surface area contributed by atoms with Gasteiger partial charge < -0.3 is 10.1 Å². The molecule has 0 saturated carbocycles. The standard InChI is InChI=1S/C13H14N2O2S/c14-7-9-8-3-1-5-11(8)18-13(9)15-12(16)10-4-2-6-17-10/h10H,1-6H2,(H,15,16)/t10-/m0/s1. The second-order valence-electron chi connectivity index (χ2n) is 4.66. The third kappa shape index (κ3) is 1.92. The molecular weight excluding hydrogens is 248 g/mol. The Hall–Kier alpha value is -1.38. The molecule has 18 heavy (non-hydrogen) atoms. The minimum atomic E-state index is -0.339. The van der Waals surface area contributed by atoms with Gasteiger partial charge in [0.1, 0.15) is 17.2 Å². The summed E-state index contributed by atoms with van der Waals surface area (Å²) in [6, 6.07) is 2.23. The summed E-state index contributed by atoms with van der Waals surface area (Å²) in [7, 11) is 0. The summed E-state index contributed by atoms with van der Waals surface area (Å²) in [5.74, 6) is -0.107. The van der Waals surface area contributed by atoms with Crippen molar-refractivity contribution >= 4 is 22.2 Å². The highest BCUT2D eigenvalue weighted by atomic mass is 32.1. The van der Waals surface area contributed by atoms with Crippen molar-refractivity contribution in [2.45, 2.75) is 38.2 Å². The molecule has 2 aliphatic rings. The number of hydrogen-bond acceptors (Lipinski definition) is 4. The number of hydrogen-bond donors (Lipinski definition) is 1. The number of carbonyl (C=O) groups excluding carboxylic acids is 1. The van der Waals surface area contributed by atoms with Gasteiger partial charge in [0.15, 0.2) is 0 Å². The van der Waals surface area contributed by atoms with E-state index >= 15 is 0 Å². The molecule has 0 radical (unpaired) electrons. The van der Waals surface area contributed by atoms with E-state index in [-0.39, 0.29) is 12.0 Å². The van der Waals surface area contributed by atoms with Crippen LogP contribution in [0.4, 0.5) is 5.00 Å². The Labute approximate surface area is 110 Å². The third-order valence-electron chi connectivity index (χ3n) is 3.49. The summed E-state index contributed by atoms with van der Waals surface area (Å²) < 4.78 is 5.35. The molecule has 1 aromatic heterocycles. The minimum Gasteiger partial charge on any atom is -0.368 e. The molecule has 5 heteroatoms. The summed E-state index contributed by atoms with van der Waals surface area (Å²) in [5.41, 5.74) is 1.81. The van der Waals surface area contributed by atoms with Crippen molar-refractivity contribution in [3.05, 3.63) is 16.0 Å². The number of rotatable bonds is 2. The van der Waals surface area contributed by atoms with Gasteiger partial charge in [-0.25, -0.2) is 0 Å². The average molecular weight is 262 g/mol. The van der Waals surface area contributed by atoms with Crippen LogP contribution in [-0.4, -0.2) is 18.6 Å². The molecule has 1 amide bonds. The highest BCUT2D eigenvalue weighted by molar-refractivity contribution is 7.16. The molecule has 2 heterocycles. The Morgan fingerprint density at radius 1 is 1.44 bits per heavy atom. The van der Waals surface area contributed by atoms with Crippen molar-refractivity contribution in [3.63, 3.8) is 0 Å². The van der Waals surface area contributed by atoms with E-state index in [1.165, 1.54) is 4.88 Å². The van der Waals surface area contributed by atoms with E-state index in [4.69, 9.17) is 4.74 Å². The molecule has 1 saturated heterocycles. The smallest absolute Gasteiger partial charge is 0.254 e. The van der Waals surface area contributed by atoms with Crippen molar-refractivity contribution in [1.29, 1.82) is 5.26 Å². The molecule has 0 unspecified atom stereocenters. The molecule has 1 aliphatic carbocycles. The summed E-state index contributed by atoms with van der Waals surface area (Å²) >= 11 is 1.55. The van der Waals surface area contributed by atoms with Crippen LogP contribution in [0.2, 0.25) is 0 Å². The number of thiophene rings is 1. The number of anilines is 1. The third-order valence-corrected chi connectivity index (χ3v) is 4.70. The zero-order chi connectivity index (χ0) is 12.5. The molecule has 1 fully saturated rings. The van der Waals surface area contributed by atoms with Crippen molar-refractivity contribution < 1.29 is 9.53 Å². The predicted molar refractivity (Wildman–Crippen MR) is 68.7 cm³/mol. The van der Waals surface area contributed by atoms with Gasteiger partial charge in [0.05, 0.1) is 5.56 Å². The molecule has 94 valence electrons. The van der Waals surface area contributed by atoms with Crippen molar-refractivity contribution in [3.8, 4) is 6.07 Å². The van der Waals surface area contributed by atoms with Gasteiger partial charge >= 0.3 is 0 Å². The van der Waals surface area contributed by atoms with E-state index in [0.29, 0.717) is 17.2 Å². The minimum absolute atomic E-state index is 0.107. The van der Waals surface area contributed by atoms with Gasteiger partial charge in [-0.2, -0.15) is 5.26 Å². The molecule has 1 aliphatic heterocycles. The first kappa shape index (κ1) is 11.7. The fourth-order valence-electron chi connectivity index (χ4n) is 2.59. The van der Waals surface area contributed by atoms with Crippen LogP contribution in [0.5, 0.6) is 0 Å². The number of amides is 1. The first-order valence-electron chi connectivity index (χ1n) is 6.26. The zero-order valence-electron chi connectivity index (χ0n) is 9.99. The first-order valence-corrected chi connectivity index (χ1v) is 7.08. The molecule has 4 nitrogen and oxygen atoms in total. The Morgan fingerprint density at radius 2 is 2.33 bits per heavy atom. The quantitative estimate of drug-likeness (QED) is 0.889.